The standard InChI is InChI=1S/C20H23O5P.C3H6N6/c1-2-19(21)24-15-20(16-9-5-3-6-10-16)18(13-14-25-20)26(22,23)17-11-7-4-8-12-17;4-1-7-2(5)9-3(6)8-1/h3-12,18H,2,13-15H2,1H3,(H,22,23);(H6,4,5,6,7,8,9). The first-order valence-electron chi connectivity index (χ1n) is 10.9. The maximum absolute atomic E-state index is 13.5. The van der Waals surface area contributed by atoms with Crippen molar-refractivity contribution < 1.29 is 23.7 Å². The van der Waals surface area contributed by atoms with Crippen molar-refractivity contribution in [1.29, 1.82) is 0 Å². The Labute approximate surface area is 203 Å². The quantitative estimate of drug-likeness (QED) is 0.285. The van der Waals surface area contributed by atoms with Crippen LogP contribution in [-0.2, 0) is 24.4 Å². The van der Waals surface area contributed by atoms with Crippen molar-refractivity contribution in [3.05, 3.63) is 66.2 Å². The Morgan fingerprint density at radius 1 is 1.03 bits per heavy atom. The third-order valence-corrected chi connectivity index (χ3v) is 8.08. The van der Waals surface area contributed by atoms with Gasteiger partial charge < -0.3 is 31.6 Å². The SMILES string of the molecule is CCC(=O)OCC1(c2ccccc2)OCCC1P(=O)(O)c1ccccc1.Nc1nc(N)nc(N)n1. The van der Waals surface area contributed by atoms with Crippen LogP contribution in [0.5, 0.6) is 0 Å². The summed E-state index contributed by atoms with van der Waals surface area (Å²) in [5, 5.41) is 0.387. The molecule has 1 aliphatic rings. The van der Waals surface area contributed by atoms with Crippen LogP contribution >= 0.6 is 7.37 Å². The van der Waals surface area contributed by atoms with Gasteiger partial charge in [0.2, 0.25) is 25.2 Å². The van der Waals surface area contributed by atoms with Gasteiger partial charge in [0.1, 0.15) is 12.2 Å². The van der Waals surface area contributed by atoms with Gasteiger partial charge in [-0.25, -0.2) is 0 Å². The van der Waals surface area contributed by atoms with Gasteiger partial charge in [0.15, 0.2) is 0 Å². The van der Waals surface area contributed by atoms with E-state index in [1.807, 2.05) is 36.4 Å². The number of anilines is 3. The first-order chi connectivity index (χ1) is 16.7. The lowest BCUT2D eigenvalue weighted by Crippen LogP contribution is -2.43. The lowest BCUT2D eigenvalue weighted by Gasteiger charge is -2.36. The van der Waals surface area contributed by atoms with Gasteiger partial charge in [0, 0.05) is 18.3 Å². The first kappa shape index (κ1) is 26.1. The number of nitrogen functional groups attached to an aromatic ring is 3. The fraction of sp³-hybridized carbons (Fsp3) is 0.304. The highest BCUT2D eigenvalue weighted by Crippen LogP contribution is 2.58. The van der Waals surface area contributed by atoms with E-state index in [0.29, 0.717) is 18.3 Å². The molecule has 0 spiro atoms. The number of hydrogen-bond acceptors (Lipinski definition) is 10. The van der Waals surface area contributed by atoms with Gasteiger partial charge in [-0.2, -0.15) is 15.0 Å². The molecular weight excluding hydrogens is 471 g/mol. The van der Waals surface area contributed by atoms with E-state index < -0.39 is 18.6 Å². The minimum Gasteiger partial charge on any atom is -0.462 e. The van der Waals surface area contributed by atoms with E-state index in [2.05, 4.69) is 15.0 Å². The Morgan fingerprint density at radius 2 is 1.54 bits per heavy atom. The molecular formula is C23H29N6O5P. The van der Waals surface area contributed by atoms with Crippen LogP contribution in [0.3, 0.4) is 0 Å². The lowest BCUT2D eigenvalue weighted by molar-refractivity contribution is -0.152. The van der Waals surface area contributed by atoms with Crippen LogP contribution in [0.25, 0.3) is 0 Å². The molecule has 2 aromatic carbocycles. The molecule has 0 bridgehead atoms. The van der Waals surface area contributed by atoms with Crippen molar-refractivity contribution in [2.45, 2.75) is 31.0 Å². The van der Waals surface area contributed by atoms with E-state index in [1.54, 1.807) is 31.2 Å². The Morgan fingerprint density at radius 3 is 2.06 bits per heavy atom. The van der Waals surface area contributed by atoms with Crippen LogP contribution in [-0.4, -0.2) is 44.7 Å². The highest BCUT2D eigenvalue weighted by molar-refractivity contribution is 7.66. The molecule has 1 saturated heterocycles. The summed E-state index contributed by atoms with van der Waals surface area (Å²) in [4.78, 5) is 33.3. The second-order valence-corrected chi connectivity index (χ2v) is 10.2. The molecule has 0 saturated carbocycles. The maximum Gasteiger partial charge on any atom is 0.305 e. The molecule has 1 aliphatic heterocycles. The summed E-state index contributed by atoms with van der Waals surface area (Å²) in [7, 11) is -3.76. The summed E-state index contributed by atoms with van der Waals surface area (Å²) in [5.74, 6) is -0.234. The molecule has 3 atom stereocenters. The van der Waals surface area contributed by atoms with Crippen molar-refractivity contribution in [3.63, 3.8) is 0 Å². The zero-order chi connectivity index (χ0) is 25.5. The smallest absolute Gasteiger partial charge is 0.305 e. The molecule has 35 heavy (non-hydrogen) atoms. The van der Waals surface area contributed by atoms with Gasteiger partial charge in [-0.1, -0.05) is 55.5 Å². The summed E-state index contributed by atoms with van der Waals surface area (Å²) in [6.07, 6.45) is 0.659. The number of aromatic nitrogens is 3. The monoisotopic (exact) mass is 500 g/mol. The topological polar surface area (TPSA) is 190 Å². The molecule has 1 fully saturated rings. The predicted molar refractivity (Wildman–Crippen MR) is 133 cm³/mol. The average Bonchev–Trinajstić information content (AvgIpc) is 3.29. The van der Waals surface area contributed by atoms with Crippen LogP contribution in [0.15, 0.2) is 60.7 Å². The minimum absolute atomic E-state index is 0.0417. The number of rotatable bonds is 6. The summed E-state index contributed by atoms with van der Waals surface area (Å²) >= 11 is 0. The van der Waals surface area contributed by atoms with Crippen LogP contribution in [0.1, 0.15) is 25.3 Å². The molecule has 2 heterocycles. The Hall–Kier alpha value is -3.53. The second-order valence-electron chi connectivity index (χ2n) is 7.79. The number of carbonyl (C=O) groups excluding carboxylic acids is 1. The fourth-order valence-corrected chi connectivity index (χ4v) is 6.17. The van der Waals surface area contributed by atoms with Gasteiger partial charge in [0.25, 0.3) is 0 Å². The minimum atomic E-state index is -3.76. The molecule has 186 valence electrons. The third-order valence-electron chi connectivity index (χ3n) is 5.52. The number of hydrogen-bond donors (Lipinski definition) is 4. The van der Waals surface area contributed by atoms with Crippen molar-refractivity contribution >= 4 is 36.5 Å². The molecule has 0 radical (unpaired) electrons. The fourth-order valence-electron chi connectivity index (χ4n) is 3.90. The first-order valence-corrected chi connectivity index (χ1v) is 12.7. The van der Waals surface area contributed by atoms with Crippen LogP contribution in [0, 0.1) is 0 Å². The average molecular weight is 500 g/mol. The Kier molecular flexibility index (Phi) is 8.39. The molecule has 3 unspecified atom stereocenters. The van der Waals surface area contributed by atoms with Crippen LogP contribution < -0.4 is 22.5 Å². The summed E-state index contributed by atoms with van der Waals surface area (Å²) in [6.45, 7) is 1.97. The predicted octanol–water partition coefficient (Wildman–Crippen LogP) is 1.84. The van der Waals surface area contributed by atoms with E-state index >= 15 is 0 Å². The summed E-state index contributed by atoms with van der Waals surface area (Å²) < 4.78 is 24.9. The van der Waals surface area contributed by atoms with Gasteiger partial charge in [-0.15, -0.1) is 0 Å². The number of benzene rings is 2. The number of nitrogens with zero attached hydrogens (tertiary/aromatic N) is 3. The van der Waals surface area contributed by atoms with E-state index in [0.717, 1.165) is 5.56 Å². The highest BCUT2D eigenvalue weighted by Gasteiger charge is 2.55. The molecule has 3 aromatic rings. The second kappa shape index (κ2) is 11.3. The van der Waals surface area contributed by atoms with Gasteiger partial charge in [-0.3, -0.25) is 9.36 Å². The lowest BCUT2D eigenvalue weighted by atomic mass is 9.91. The van der Waals surface area contributed by atoms with Gasteiger partial charge in [0.05, 0.1) is 5.66 Å². The van der Waals surface area contributed by atoms with Gasteiger partial charge in [-0.05, 0) is 24.1 Å². The van der Waals surface area contributed by atoms with Crippen LogP contribution in [0.4, 0.5) is 17.8 Å². The Balaban J connectivity index is 0.000000320. The normalized spacial score (nSPS) is 20.8. The van der Waals surface area contributed by atoms with Crippen LogP contribution in [0.2, 0.25) is 0 Å². The number of ether oxygens (including phenoxy) is 2. The van der Waals surface area contributed by atoms with Crippen molar-refractivity contribution in [1.82, 2.24) is 15.0 Å². The molecule has 4 rings (SSSR count). The van der Waals surface area contributed by atoms with E-state index in [1.165, 1.54) is 0 Å². The Bertz CT molecular complexity index is 1130. The van der Waals surface area contributed by atoms with E-state index in [4.69, 9.17) is 26.7 Å². The van der Waals surface area contributed by atoms with Gasteiger partial charge >= 0.3 is 5.97 Å². The number of esters is 1. The molecule has 12 heteroatoms. The maximum atomic E-state index is 13.5. The molecule has 11 nitrogen and oxygen atoms in total. The van der Waals surface area contributed by atoms with Crippen molar-refractivity contribution in [3.8, 4) is 0 Å². The van der Waals surface area contributed by atoms with Crippen molar-refractivity contribution in [2.24, 2.45) is 0 Å². The number of carbonyl (C=O) groups is 1. The molecule has 7 N–H and O–H groups in total. The molecule has 0 aliphatic carbocycles. The third kappa shape index (κ3) is 6.13. The highest BCUT2D eigenvalue weighted by atomic mass is 31.2. The zero-order valence-corrected chi connectivity index (χ0v) is 20.2. The van der Waals surface area contributed by atoms with Crippen molar-refractivity contribution in [2.75, 3.05) is 30.4 Å². The summed E-state index contributed by atoms with van der Waals surface area (Å²) in [5.41, 5.74) is 14.3. The molecule has 0 amide bonds. The largest absolute Gasteiger partial charge is 0.462 e. The van der Waals surface area contributed by atoms with E-state index in [-0.39, 0.29) is 36.8 Å². The number of nitrogens with two attached hydrogens (primary N) is 3. The summed E-state index contributed by atoms with van der Waals surface area (Å²) in [6, 6.07) is 17.9. The molecule has 1 aromatic heterocycles. The zero-order valence-electron chi connectivity index (χ0n) is 19.3. The van der Waals surface area contributed by atoms with E-state index in [9.17, 15) is 14.3 Å².